The Morgan fingerprint density at radius 1 is 0.758 bits per heavy atom. The number of rotatable bonds is 5. The van der Waals surface area contributed by atoms with Crippen molar-refractivity contribution in [1.82, 2.24) is 0 Å². The minimum absolute atomic E-state index is 0.0192. The van der Waals surface area contributed by atoms with E-state index in [1.54, 1.807) is 12.1 Å². The number of nitrogens with one attached hydrogen (secondary N) is 1. The van der Waals surface area contributed by atoms with Crippen LogP contribution in [-0.2, 0) is 5.41 Å². The molecule has 4 aromatic carbocycles. The van der Waals surface area contributed by atoms with Gasteiger partial charge in [0.05, 0.1) is 10.5 Å². The largest absolute Gasteiger partial charge is 0.349 e. The summed E-state index contributed by atoms with van der Waals surface area (Å²) in [5, 5.41) is 15.6. The second-order valence-corrected chi connectivity index (χ2v) is 9.89. The van der Waals surface area contributed by atoms with E-state index in [1.165, 1.54) is 5.56 Å². The first-order chi connectivity index (χ1) is 15.7. The van der Waals surface area contributed by atoms with Crippen LogP contribution >= 0.6 is 15.9 Å². The highest BCUT2D eigenvalue weighted by atomic mass is 79.9. The summed E-state index contributed by atoms with van der Waals surface area (Å²) in [5.74, 6) is 0. The number of para-hydroxylation sites is 1. The maximum absolute atomic E-state index is 12.2. The van der Waals surface area contributed by atoms with Gasteiger partial charge in [-0.05, 0) is 58.5 Å². The summed E-state index contributed by atoms with van der Waals surface area (Å²) in [7, 11) is 0. The van der Waals surface area contributed by atoms with Crippen LogP contribution in [0.4, 0.5) is 17.1 Å². The van der Waals surface area contributed by atoms with E-state index in [9.17, 15) is 10.1 Å². The Kier molecular flexibility index (Phi) is 6.34. The van der Waals surface area contributed by atoms with Gasteiger partial charge >= 0.3 is 0 Å². The van der Waals surface area contributed by atoms with Gasteiger partial charge in [0.2, 0.25) is 0 Å². The maximum Gasteiger partial charge on any atom is 0.300 e. The molecule has 4 aromatic rings. The van der Waals surface area contributed by atoms with Crippen molar-refractivity contribution in [1.29, 1.82) is 0 Å². The van der Waals surface area contributed by atoms with E-state index < -0.39 is 0 Å². The van der Waals surface area contributed by atoms with Crippen LogP contribution in [-0.4, -0.2) is 4.92 Å². The third-order valence-electron chi connectivity index (χ3n) is 5.59. The molecule has 5 heteroatoms. The smallest absolute Gasteiger partial charge is 0.300 e. The Hall–Kier alpha value is -3.44. The minimum atomic E-state index is -0.315. The monoisotopic (exact) mass is 500 g/mol. The van der Waals surface area contributed by atoms with Gasteiger partial charge < -0.3 is 5.32 Å². The number of anilines is 2. The topological polar surface area (TPSA) is 55.2 Å². The average molecular weight is 501 g/mol. The third-order valence-corrected chi connectivity index (χ3v) is 6.09. The Morgan fingerprint density at radius 3 is 2.12 bits per heavy atom. The molecular weight excluding hydrogens is 476 g/mol. The Bertz CT molecular complexity index is 1310. The van der Waals surface area contributed by atoms with Gasteiger partial charge in [0.1, 0.15) is 5.69 Å². The normalized spacial score (nSPS) is 11.3. The summed E-state index contributed by atoms with van der Waals surface area (Å²) in [6, 6.07) is 29.3. The Labute approximate surface area is 202 Å². The first-order valence-corrected chi connectivity index (χ1v) is 11.5. The van der Waals surface area contributed by atoms with Crippen molar-refractivity contribution < 1.29 is 4.92 Å². The minimum Gasteiger partial charge on any atom is -0.349 e. The van der Waals surface area contributed by atoms with Crippen molar-refractivity contribution in [2.24, 2.45) is 0 Å². The molecule has 1 N–H and O–H groups in total. The highest BCUT2D eigenvalue weighted by molar-refractivity contribution is 9.10. The highest BCUT2D eigenvalue weighted by Crippen LogP contribution is 2.41. The van der Waals surface area contributed by atoms with E-state index in [2.05, 4.69) is 66.3 Å². The average Bonchev–Trinajstić information content (AvgIpc) is 2.79. The van der Waals surface area contributed by atoms with Gasteiger partial charge in [0.25, 0.3) is 5.69 Å². The standard InChI is InChI=1S/C28H25BrN2O2/c1-28(2,3)21-15-16-25(24(18-21)19-9-5-4-6-10-19)30-26-14-8-13-23(27(26)31(32)33)20-11-7-12-22(29)17-20/h4-18,30H,1-3H3. The van der Waals surface area contributed by atoms with Crippen LogP contribution in [0.25, 0.3) is 22.3 Å². The number of halogens is 1. The second kappa shape index (κ2) is 9.20. The van der Waals surface area contributed by atoms with Crippen LogP contribution < -0.4 is 5.32 Å². The molecule has 0 saturated carbocycles. The lowest BCUT2D eigenvalue weighted by molar-refractivity contribution is -0.383. The summed E-state index contributed by atoms with van der Waals surface area (Å²) < 4.78 is 0.872. The van der Waals surface area contributed by atoms with Crippen LogP contribution in [0.2, 0.25) is 0 Å². The lowest BCUT2D eigenvalue weighted by Gasteiger charge is -2.22. The zero-order valence-corrected chi connectivity index (χ0v) is 20.4. The molecule has 0 aromatic heterocycles. The van der Waals surface area contributed by atoms with Crippen molar-refractivity contribution in [2.45, 2.75) is 26.2 Å². The number of nitro benzene ring substituents is 1. The van der Waals surface area contributed by atoms with Crippen LogP contribution in [0, 0.1) is 10.1 Å². The molecule has 0 atom stereocenters. The third kappa shape index (κ3) is 4.99. The van der Waals surface area contributed by atoms with Crippen molar-refractivity contribution in [3.63, 3.8) is 0 Å². The second-order valence-electron chi connectivity index (χ2n) is 8.97. The molecule has 0 aliphatic rings. The van der Waals surface area contributed by atoms with Crippen molar-refractivity contribution in [3.05, 3.63) is 111 Å². The van der Waals surface area contributed by atoms with Crippen LogP contribution in [0.1, 0.15) is 26.3 Å². The fourth-order valence-corrected chi connectivity index (χ4v) is 4.25. The molecule has 0 aliphatic heterocycles. The molecule has 0 bridgehead atoms. The molecule has 0 aliphatic carbocycles. The van der Waals surface area contributed by atoms with Gasteiger partial charge in [-0.3, -0.25) is 10.1 Å². The molecule has 0 fully saturated rings. The fourth-order valence-electron chi connectivity index (χ4n) is 3.85. The van der Waals surface area contributed by atoms with E-state index in [1.807, 2.05) is 54.6 Å². The highest BCUT2D eigenvalue weighted by Gasteiger charge is 2.23. The van der Waals surface area contributed by atoms with Gasteiger partial charge in [-0.15, -0.1) is 0 Å². The van der Waals surface area contributed by atoms with Gasteiger partial charge in [-0.25, -0.2) is 0 Å². The first kappa shape index (κ1) is 22.7. The molecule has 0 saturated heterocycles. The van der Waals surface area contributed by atoms with Gasteiger partial charge in [-0.1, -0.05) is 91.3 Å². The van der Waals surface area contributed by atoms with E-state index in [0.717, 1.165) is 26.9 Å². The van der Waals surface area contributed by atoms with Crippen LogP contribution in [0.3, 0.4) is 0 Å². The summed E-state index contributed by atoms with van der Waals surface area (Å²) in [6.45, 7) is 6.53. The van der Waals surface area contributed by atoms with Crippen LogP contribution in [0.5, 0.6) is 0 Å². The maximum atomic E-state index is 12.2. The Balaban J connectivity index is 1.86. The van der Waals surface area contributed by atoms with Crippen molar-refractivity contribution >= 4 is 33.0 Å². The van der Waals surface area contributed by atoms with Gasteiger partial charge in [0, 0.05) is 15.7 Å². The number of hydrogen-bond acceptors (Lipinski definition) is 3. The lowest BCUT2D eigenvalue weighted by Crippen LogP contribution is -2.11. The SMILES string of the molecule is CC(C)(C)c1ccc(Nc2cccc(-c3cccc(Br)c3)c2[N+](=O)[O-])c(-c2ccccc2)c1. The predicted molar refractivity (Wildman–Crippen MR) is 140 cm³/mol. The number of hydrogen-bond donors (Lipinski definition) is 1. The zero-order chi connectivity index (χ0) is 23.6. The molecule has 0 radical (unpaired) electrons. The molecule has 0 unspecified atom stereocenters. The van der Waals surface area contributed by atoms with Crippen LogP contribution in [0.15, 0.2) is 95.5 Å². The Morgan fingerprint density at radius 2 is 1.45 bits per heavy atom. The first-order valence-electron chi connectivity index (χ1n) is 10.7. The summed E-state index contributed by atoms with van der Waals surface area (Å²) in [4.78, 5) is 11.9. The number of nitrogens with zero attached hydrogens (tertiary/aromatic N) is 1. The predicted octanol–water partition coefficient (Wildman–Crippen LogP) is 8.73. The van der Waals surface area contributed by atoms with Crippen molar-refractivity contribution in [3.8, 4) is 22.3 Å². The summed E-state index contributed by atoms with van der Waals surface area (Å²) in [5.41, 5.74) is 5.92. The number of benzene rings is 4. The molecule has 4 rings (SSSR count). The van der Waals surface area contributed by atoms with Gasteiger partial charge in [0.15, 0.2) is 0 Å². The molecule has 0 heterocycles. The quantitative estimate of drug-likeness (QED) is 0.220. The molecule has 4 nitrogen and oxygen atoms in total. The van der Waals surface area contributed by atoms with E-state index in [4.69, 9.17) is 0 Å². The molecule has 166 valence electrons. The molecule has 0 amide bonds. The molecular formula is C28H25BrN2O2. The lowest BCUT2D eigenvalue weighted by atomic mass is 9.85. The fraction of sp³-hybridized carbons (Fsp3) is 0.143. The van der Waals surface area contributed by atoms with Crippen molar-refractivity contribution in [2.75, 3.05) is 5.32 Å². The van der Waals surface area contributed by atoms with E-state index in [0.29, 0.717) is 11.3 Å². The summed E-state index contributed by atoms with van der Waals surface area (Å²) >= 11 is 3.47. The molecule has 33 heavy (non-hydrogen) atoms. The number of nitro groups is 1. The molecule has 0 spiro atoms. The summed E-state index contributed by atoms with van der Waals surface area (Å²) in [6.07, 6.45) is 0. The van der Waals surface area contributed by atoms with E-state index >= 15 is 0 Å². The van der Waals surface area contributed by atoms with Gasteiger partial charge in [-0.2, -0.15) is 0 Å². The van der Waals surface area contributed by atoms with E-state index in [-0.39, 0.29) is 16.0 Å². The zero-order valence-electron chi connectivity index (χ0n) is 18.8.